The molecule has 0 unspecified atom stereocenters. The van der Waals surface area contributed by atoms with Gasteiger partial charge in [0.15, 0.2) is 0 Å². The number of aromatic nitrogens is 2. The molecule has 0 radical (unpaired) electrons. The second kappa shape index (κ2) is 7.53. The minimum absolute atomic E-state index is 0.0375. The van der Waals surface area contributed by atoms with E-state index in [0.29, 0.717) is 28.4 Å². The Bertz CT molecular complexity index is 919. The first-order valence-electron chi connectivity index (χ1n) is 8.26. The highest BCUT2D eigenvalue weighted by molar-refractivity contribution is 6.30. The molecule has 0 aliphatic heterocycles. The third kappa shape index (κ3) is 3.59. The lowest BCUT2D eigenvalue weighted by Gasteiger charge is -2.16. The van der Waals surface area contributed by atoms with Crippen molar-refractivity contribution in [2.45, 2.75) is 26.2 Å². The maximum atomic E-state index is 13.1. The van der Waals surface area contributed by atoms with Crippen LogP contribution in [-0.4, -0.2) is 14.7 Å². The van der Waals surface area contributed by atoms with Crippen molar-refractivity contribution in [3.63, 3.8) is 0 Å². The number of rotatable bonds is 5. The van der Waals surface area contributed by atoms with Crippen molar-refractivity contribution in [1.82, 2.24) is 9.55 Å². The zero-order valence-electron chi connectivity index (χ0n) is 13.9. The van der Waals surface area contributed by atoms with Gasteiger partial charge in [-0.15, -0.1) is 0 Å². The summed E-state index contributed by atoms with van der Waals surface area (Å²) in [6.45, 7) is 2.06. The van der Waals surface area contributed by atoms with Crippen LogP contribution in [0.15, 0.2) is 59.7 Å². The molecule has 4 nitrogen and oxygen atoms in total. The Balaban J connectivity index is 2.27. The van der Waals surface area contributed by atoms with Crippen LogP contribution >= 0.6 is 11.6 Å². The lowest BCUT2D eigenvalue weighted by Crippen LogP contribution is -2.24. The third-order valence-electron chi connectivity index (χ3n) is 4.13. The lowest BCUT2D eigenvalue weighted by atomic mass is 10.1. The van der Waals surface area contributed by atoms with Gasteiger partial charge in [0.05, 0.1) is 11.3 Å². The van der Waals surface area contributed by atoms with Crippen molar-refractivity contribution in [2.24, 2.45) is 0 Å². The molecule has 0 spiro atoms. The van der Waals surface area contributed by atoms with Crippen LogP contribution in [-0.2, 0) is 6.42 Å². The van der Waals surface area contributed by atoms with E-state index in [-0.39, 0.29) is 11.3 Å². The highest BCUT2D eigenvalue weighted by Gasteiger charge is 2.16. The highest BCUT2D eigenvalue weighted by atomic mass is 35.5. The van der Waals surface area contributed by atoms with Gasteiger partial charge in [0.1, 0.15) is 5.75 Å². The Kier molecular flexibility index (Phi) is 5.19. The molecule has 0 amide bonds. The molecule has 2 heterocycles. The summed E-state index contributed by atoms with van der Waals surface area (Å²) in [5.74, 6) is 0.0375. The van der Waals surface area contributed by atoms with E-state index in [1.165, 1.54) is 0 Å². The predicted octanol–water partition coefficient (Wildman–Crippen LogP) is 4.60. The molecule has 0 saturated carbocycles. The number of pyridine rings is 2. The van der Waals surface area contributed by atoms with E-state index in [4.69, 9.17) is 11.6 Å². The molecule has 0 fully saturated rings. The van der Waals surface area contributed by atoms with Gasteiger partial charge in [-0.3, -0.25) is 14.3 Å². The molecule has 5 heteroatoms. The quantitative estimate of drug-likeness (QED) is 0.728. The summed E-state index contributed by atoms with van der Waals surface area (Å²) in [4.78, 5) is 17.1. The van der Waals surface area contributed by atoms with Crippen LogP contribution in [0.3, 0.4) is 0 Å². The number of benzene rings is 1. The summed E-state index contributed by atoms with van der Waals surface area (Å²) in [6, 6.07) is 12.4. The first kappa shape index (κ1) is 17.2. The third-order valence-corrected chi connectivity index (χ3v) is 4.38. The van der Waals surface area contributed by atoms with Crippen LogP contribution in [0.5, 0.6) is 5.75 Å². The molecule has 2 aromatic heterocycles. The maximum Gasteiger partial charge on any atom is 0.262 e. The molecule has 1 aromatic carbocycles. The van der Waals surface area contributed by atoms with Crippen LogP contribution in [0, 0.1) is 0 Å². The number of nitrogens with zero attached hydrogens (tertiary/aromatic N) is 2. The molecule has 0 bridgehead atoms. The fourth-order valence-electron chi connectivity index (χ4n) is 2.81. The van der Waals surface area contributed by atoms with Crippen LogP contribution in [0.1, 0.15) is 25.3 Å². The summed E-state index contributed by atoms with van der Waals surface area (Å²) >= 11 is 5.99. The second-order valence-electron chi connectivity index (χ2n) is 5.85. The first-order valence-corrected chi connectivity index (χ1v) is 8.64. The molecule has 128 valence electrons. The Labute approximate surface area is 151 Å². The van der Waals surface area contributed by atoms with E-state index in [1.54, 1.807) is 47.3 Å². The van der Waals surface area contributed by atoms with E-state index in [0.717, 1.165) is 18.4 Å². The number of hydrogen-bond donors (Lipinski definition) is 1. The Morgan fingerprint density at radius 3 is 2.44 bits per heavy atom. The van der Waals surface area contributed by atoms with Crippen LogP contribution in [0.2, 0.25) is 5.02 Å². The topological polar surface area (TPSA) is 55.1 Å². The van der Waals surface area contributed by atoms with Crippen molar-refractivity contribution in [2.75, 3.05) is 0 Å². The number of unbranched alkanes of at least 4 members (excludes halogenated alkanes) is 1. The summed E-state index contributed by atoms with van der Waals surface area (Å²) in [5, 5.41) is 11.0. The van der Waals surface area contributed by atoms with Crippen molar-refractivity contribution < 1.29 is 5.11 Å². The minimum Gasteiger partial charge on any atom is -0.507 e. The van der Waals surface area contributed by atoms with Crippen LogP contribution in [0.25, 0.3) is 16.9 Å². The molecular formula is C20H19ClN2O2. The molecule has 0 aliphatic carbocycles. The average molecular weight is 355 g/mol. The van der Waals surface area contributed by atoms with Crippen molar-refractivity contribution in [1.29, 1.82) is 0 Å². The molecule has 3 rings (SSSR count). The lowest BCUT2D eigenvalue weighted by molar-refractivity contribution is 0.464. The zero-order chi connectivity index (χ0) is 17.8. The van der Waals surface area contributed by atoms with Crippen molar-refractivity contribution in [3.05, 3.63) is 75.8 Å². The zero-order valence-corrected chi connectivity index (χ0v) is 14.7. The fourth-order valence-corrected chi connectivity index (χ4v) is 2.93. The van der Waals surface area contributed by atoms with E-state index in [9.17, 15) is 9.90 Å². The van der Waals surface area contributed by atoms with E-state index >= 15 is 0 Å². The standard InChI is InChI=1S/C20H19ClN2O2/c1-2-3-4-17-19(24)13-18(14-9-11-22-12-10-14)23(20(17)25)16-7-5-15(21)6-8-16/h5-13,24H,2-4H2,1H3. The molecule has 1 N–H and O–H groups in total. The molecule has 25 heavy (non-hydrogen) atoms. The SMILES string of the molecule is CCCCc1c(O)cc(-c2ccncc2)n(-c2ccc(Cl)cc2)c1=O. The normalized spacial score (nSPS) is 10.8. The summed E-state index contributed by atoms with van der Waals surface area (Å²) in [5.41, 5.74) is 2.36. The van der Waals surface area contributed by atoms with E-state index in [1.807, 2.05) is 12.1 Å². The van der Waals surface area contributed by atoms with Crippen molar-refractivity contribution in [3.8, 4) is 22.7 Å². The van der Waals surface area contributed by atoms with Gasteiger partial charge in [-0.05, 0) is 49.2 Å². The fraction of sp³-hybridized carbons (Fsp3) is 0.200. The number of aromatic hydroxyl groups is 1. The monoisotopic (exact) mass is 354 g/mol. The number of halogens is 1. The summed E-state index contributed by atoms with van der Waals surface area (Å²) in [6.07, 6.45) is 5.66. The van der Waals surface area contributed by atoms with Gasteiger partial charge in [-0.25, -0.2) is 0 Å². The van der Waals surface area contributed by atoms with Gasteiger partial charge in [0.25, 0.3) is 5.56 Å². The van der Waals surface area contributed by atoms with E-state index < -0.39 is 0 Å². The summed E-state index contributed by atoms with van der Waals surface area (Å²) in [7, 11) is 0. The van der Waals surface area contributed by atoms with Gasteiger partial charge in [-0.2, -0.15) is 0 Å². The van der Waals surface area contributed by atoms with Gasteiger partial charge in [0.2, 0.25) is 0 Å². The largest absolute Gasteiger partial charge is 0.507 e. The predicted molar refractivity (Wildman–Crippen MR) is 101 cm³/mol. The number of hydrogen-bond acceptors (Lipinski definition) is 3. The van der Waals surface area contributed by atoms with Gasteiger partial charge in [0, 0.05) is 34.7 Å². The van der Waals surface area contributed by atoms with E-state index in [2.05, 4.69) is 11.9 Å². The highest BCUT2D eigenvalue weighted by Crippen LogP contribution is 2.27. The smallest absolute Gasteiger partial charge is 0.262 e. The first-order chi connectivity index (χ1) is 12.1. The van der Waals surface area contributed by atoms with Gasteiger partial charge >= 0.3 is 0 Å². The Hall–Kier alpha value is -2.59. The maximum absolute atomic E-state index is 13.1. The molecule has 0 aliphatic rings. The second-order valence-corrected chi connectivity index (χ2v) is 6.29. The Morgan fingerprint density at radius 2 is 1.80 bits per heavy atom. The van der Waals surface area contributed by atoms with Crippen molar-refractivity contribution >= 4 is 11.6 Å². The average Bonchev–Trinajstić information content (AvgIpc) is 2.63. The van der Waals surface area contributed by atoms with Crippen LogP contribution in [0.4, 0.5) is 0 Å². The molecule has 0 atom stereocenters. The van der Waals surface area contributed by atoms with Crippen LogP contribution < -0.4 is 5.56 Å². The molecule has 3 aromatic rings. The Morgan fingerprint density at radius 1 is 1.12 bits per heavy atom. The molecule has 0 saturated heterocycles. The van der Waals surface area contributed by atoms with Gasteiger partial charge in [-0.1, -0.05) is 24.9 Å². The molecular weight excluding hydrogens is 336 g/mol. The summed E-state index contributed by atoms with van der Waals surface area (Å²) < 4.78 is 1.62. The van der Waals surface area contributed by atoms with Gasteiger partial charge < -0.3 is 5.11 Å². The minimum atomic E-state index is -0.206.